The van der Waals surface area contributed by atoms with Crippen LogP contribution in [0.25, 0.3) is 0 Å². The van der Waals surface area contributed by atoms with Crippen molar-refractivity contribution in [1.82, 2.24) is 0 Å². The van der Waals surface area contributed by atoms with Crippen LogP contribution in [0.3, 0.4) is 0 Å². The Hall–Kier alpha value is -2.69. The molecule has 0 unspecified atom stereocenters. The number of carbonyl (C=O) groups is 1. The van der Waals surface area contributed by atoms with Crippen molar-refractivity contribution in [3.63, 3.8) is 0 Å². The van der Waals surface area contributed by atoms with Crippen LogP contribution in [0.2, 0.25) is 0 Å². The largest absolute Gasteiger partial charge is 0.466 e. The lowest BCUT2D eigenvalue weighted by Crippen LogP contribution is -2.56. The summed E-state index contributed by atoms with van der Waals surface area (Å²) in [5.74, 6) is -0.322. The molecule has 4 nitrogen and oxygen atoms in total. The van der Waals surface area contributed by atoms with Gasteiger partial charge in [0, 0.05) is 17.4 Å². The van der Waals surface area contributed by atoms with Crippen LogP contribution in [0, 0.1) is 5.41 Å². The molecule has 2 rings (SSSR count). The van der Waals surface area contributed by atoms with Crippen molar-refractivity contribution in [2.75, 3.05) is 7.11 Å². The molecule has 1 N–H and O–H groups in total. The summed E-state index contributed by atoms with van der Waals surface area (Å²) in [6, 6.07) is 0. The Morgan fingerprint density at radius 2 is 1.34 bits per heavy atom. The average Bonchev–Trinajstić information content (AvgIpc) is 3.19. The SMILES string of the molecule is COC(=O)/C(C)=C/C=C/C(C)=C/C=C/C=C(C)/C=C/C=C(C)/C=C/[C@]12O[C@@H](CC1(C)C)C[C@]2(C)O. The quantitative estimate of drug-likeness (QED) is 0.223. The number of esters is 1. The summed E-state index contributed by atoms with van der Waals surface area (Å²) < 4.78 is 10.9. The van der Waals surface area contributed by atoms with E-state index < -0.39 is 11.2 Å². The second kappa shape index (κ2) is 11.8. The van der Waals surface area contributed by atoms with E-state index in [2.05, 4.69) is 56.7 Å². The lowest BCUT2D eigenvalue weighted by Gasteiger charge is -2.46. The Morgan fingerprint density at radius 1 is 0.829 bits per heavy atom. The highest BCUT2D eigenvalue weighted by Crippen LogP contribution is 2.60. The van der Waals surface area contributed by atoms with E-state index in [1.54, 1.807) is 13.0 Å². The van der Waals surface area contributed by atoms with E-state index in [1.807, 2.05) is 56.4 Å². The predicted octanol–water partition coefficient (Wildman–Crippen LogP) is 6.88. The zero-order valence-electron chi connectivity index (χ0n) is 22.6. The number of aliphatic hydroxyl groups is 1. The predicted molar refractivity (Wildman–Crippen MR) is 145 cm³/mol. The van der Waals surface area contributed by atoms with Crippen molar-refractivity contribution in [3.05, 3.63) is 95.2 Å². The van der Waals surface area contributed by atoms with Gasteiger partial charge in [0.1, 0.15) is 5.60 Å². The fourth-order valence-electron chi connectivity index (χ4n) is 4.95. The highest BCUT2D eigenvalue weighted by atomic mass is 16.5. The second-order valence-electron chi connectivity index (χ2n) is 10.6. The van der Waals surface area contributed by atoms with Crippen LogP contribution >= 0.6 is 0 Å². The van der Waals surface area contributed by atoms with Gasteiger partial charge in [-0.25, -0.2) is 4.79 Å². The van der Waals surface area contributed by atoms with Crippen molar-refractivity contribution in [3.8, 4) is 0 Å². The number of allylic oxidation sites excluding steroid dienone is 14. The molecule has 3 atom stereocenters. The van der Waals surface area contributed by atoms with Crippen molar-refractivity contribution >= 4 is 5.97 Å². The van der Waals surface area contributed by atoms with Gasteiger partial charge in [0.25, 0.3) is 0 Å². The zero-order chi connectivity index (χ0) is 26.3. The first kappa shape index (κ1) is 28.5. The summed E-state index contributed by atoms with van der Waals surface area (Å²) in [4.78, 5) is 11.4. The van der Waals surface area contributed by atoms with Gasteiger partial charge in [-0.05, 0) is 47.1 Å². The maximum absolute atomic E-state index is 11.4. The van der Waals surface area contributed by atoms with Crippen LogP contribution in [-0.4, -0.2) is 35.5 Å². The number of hydrogen-bond acceptors (Lipinski definition) is 4. The topological polar surface area (TPSA) is 55.8 Å². The fourth-order valence-corrected chi connectivity index (χ4v) is 4.95. The van der Waals surface area contributed by atoms with E-state index >= 15 is 0 Å². The highest BCUT2D eigenvalue weighted by Gasteiger charge is 2.67. The molecule has 2 aliphatic heterocycles. The Morgan fingerprint density at radius 3 is 1.86 bits per heavy atom. The van der Waals surface area contributed by atoms with E-state index in [4.69, 9.17) is 4.74 Å². The third-order valence-corrected chi connectivity index (χ3v) is 6.86. The Bertz CT molecular complexity index is 1000. The summed E-state index contributed by atoms with van der Waals surface area (Å²) in [5.41, 5.74) is 2.29. The molecule has 0 aromatic carbocycles. The first-order valence-corrected chi connectivity index (χ1v) is 12.2. The first-order chi connectivity index (χ1) is 16.3. The van der Waals surface area contributed by atoms with Gasteiger partial charge >= 0.3 is 5.97 Å². The van der Waals surface area contributed by atoms with Crippen LogP contribution in [-0.2, 0) is 14.3 Å². The minimum absolute atomic E-state index is 0.0982. The third kappa shape index (κ3) is 7.16. The maximum Gasteiger partial charge on any atom is 0.333 e. The van der Waals surface area contributed by atoms with E-state index in [-0.39, 0.29) is 17.5 Å². The lowest BCUT2D eigenvalue weighted by molar-refractivity contribution is -0.136. The maximum atomic E-state index is 11.4. The molecule has 35 heavy (non-hydrogen) atoms. The van der Waals surface area contributed by atoms with Crippen LogP contribution < -0.4 is 0 Å². The smallest absolute Gasteiger partial charge is 0.333 e. The first-order valence-electron chi connectivity index (χ1n) is 12.2. The molecule has 0 radical (unpaired) electrons. The van der Waals surface area contributed by atoms with Crippen molar-refractivity contribution in [1.29, 1.82) is 0 Å². The summed E-state index contributed by atoms with van der Waals surface area (Å²) in [6.07, 6.45) is 25.7. The molecule has 2 bridgehead atoms. The normalized spacial score (nSPS) is 30.0. The zero-order valence-corrected chi connectivity index (χ0v) is 22.6. The number of hydrogen-bond donors (Lipinski definition) is 1. The number of ether oxygens (including phenoxy) is 2. The van der Waals surface area contributed by atoms with Crippen molar-refractivity contribution in [2.24, 2.45) is 5.41 Å². The molecular formula is C31H42O4. The van der Waals surface area contributed by atoms with Crippen LogP contribution in [0.15, 0.2) is 95.2 Å². The van der Waals surface area contributed by atoms with Gasteiger partial charge in [-0.1, -0.05) is 97.4 Å². The molecular weight excluding hydrogens is 436 g/mol. The summed E-state index contributed by atoms with van der Waals surface area (Å²) in [5, 5.41) is 11.0. The Kier molecular flexibility index (Phi) is 9.65. The number of rotatable bonds is 9. The van der Waals surface area contributed by atoms with Gasteiger partial charge in [-0.3, -0.25) is 0 Å². The molecule has 0 aromatic rings. The Balaban J connectivity index is 1.94. The van der Waals surface area contributed by atoms with Crippen molar-refractivity contribution < 1.29 is 19.4 Å². The molecule has 2 saturated heterocycles. The lowest BCUT2D eigenvalue weighted by atomic mass is 9.61. The second-order valence-corrected chi connectivity index (χ2v) is 10.6. The van der Waals surface area contributed by atoms with Crippen LogP contribution in [0.5, 0.6) is 0 Å². The number of carbonyl (C=O) groups excluding carboxylic acids is 1. The van der Waals surface area contributed by atoms with Gasteiger partial charge in [-0.2, -0.15) is 0 Å². The molecule has 0 saturated carbocycles. The summed E-state index contributed by atoms with van der Waals surface area (Å²) in [6.45, 7) is 14.1. The molecule has 0 spiro atoms. The van der Waals surface area contributed by atoms with Crippen molar-refractivity contribution in [2.45, 2.75) is 78.6 Å². The van der Waals surface area contributed by atoms with E-state index in [0.717, 1.165) is 23.1 Å². The summed E-state index contributed by atoms with van der Waals surface area (Å²) >= 11 is 0. The van der Waals surface area contributed by atoms with Gasteiger partial charge < -0.3 is 14.6 Å². The molecule has 2 aliphatic rings. The molecule has 0 aromatic heterocycles. The molecule has 4 heteroatoms. The minimum atomic E-state index is -0.848. The van der Waals surface area contributed by atoms with Gasteiger partial charge in [0.2, 0.25) is 0 Å². The monoisotopic (exact) mass is 478 g/mol. The molecule has 190 valence electrons. The number of fused-ring (bicyclic) bond motifs is 2. The average molecular weight is 479 g/mol. The van der Waals surface area contributed by atoms with Crippen LogP contribution in [0.1, 0.15) is 61.3 Å². The molecule has 2 fully saturated rings. The minimum Gasteiger partial charge on any atom is -0.466 e. The van der Waals surface area contributed by atoms with E-state index in [0.29, 0.717) is 12.0 Å². The Labute approximate surface area is 211 Å². The standard InChI is InChI=1S/C31H42O4/c1-23(13-9-10-14-24(2)17-12-18-26(4)28(32)34-8)15-11-16-25(3)19-20-31-29(5,6)21-27(35-31)22-30(31,7)33/h9-20,27,33H,21-22H2,1-8H3/b10-9+,15-11+,17-12+,20-19+,23-13+,24-14+,25-16+,26-18+/t27-,30-,31-/m0/s1. The van der Waals surface area contributed by atoms with E-state index in [1.165, 1.54) is 7.11 Å². The van der Waals surface area contributed by atoms with E-state index in [9.17, 15) is 9.90 Å². The van der Waals surface area contributed by atoms with Crippen LogP contribution in [0.4, 0.5) is 0 Å². The molecule has 2 heterocycles. The van der Waals surface area contributed by atoms with Gasteiger partial charge in [0.05, 0.1) is 18.8 Å². The molecule has 0 aliphatic carbocycles. The molecule has 0 amide bonds. The third-order valence-electron chi connectivity index (χ3n) is 6.86. The highest BCUT2D eigenvalue weighted by molar-refractivity contribution is 5.87. The fraction of sp³-hybridized carbons (Fsp3) is 0.452. The van der Waals surface area contributed by atoms with Gasteiger partial charge in [0.15, 0.2) is 0 Å². The summed E-state index contributed by atoms with van der Waals surface area (Å²) in [7, 11) is 1.38. The van der Waals surface area contributed by atoms with Gasteiger partial charge in [-0.15, -0.1) is 0 Å². The number of methoxy groups -OCH3 is 1.